The highest BCUT2D eigenvalue weighted by atomic mass is 16.3. The topological polar surface area (TPSA) is 42.2 Å². The molecule has 3 heteroatoms. The second-order valence-corrected chi connectivity index (χ2v) is 4.82. The van der Waals surface area contributed by atoms with E-state index in [1.807, 2.05) is 0 Å². The fraction of sp³-hybridized carbons (Fsp3) is 0.615. The van der Waals surface area contributed by atoms with Gasteiger partial charge in [-0.05, 0) is 30.4 Å². The van der Waals surface area contributed by atoms with Gasteiger partial charge in [0.15, 0.2) is 5.76 Å². The van der Waals surface area contributed by atoms with E-state index in [9.17, 15) is 4.79 Å². The summed E-state index contributed by atoms with van der Waals surface area (Å²) in [7, 11) is 0. The third-order valence-corrected chi connectivity index (χ3v) is 3.77. The van der Waals surface area contributed by atoms with Crippen molar-refractivity contribution in [3.63, 3.8) is 0 Å². The Morgan fingerprint density at radius 3 is 2.94 bits per heavy atom. The molecular weight excluding hydrogens is 202 g/mol. The van der Waals surface area contributed by atoms with Crippen LogP contribution in [0.15, 0.2) is 22.8 Å². The highest BCUT2D eigenvalue weighted by Gasteiger charge is 2.28. The molecule has 3 atom stereocenters. The van der Waals surface area contributed by atoms with Crippen molar-refractivity contribution in [2.45, 2.75) is 39.2 Å². The fourth-order valence-corrected chi connectivity index (χ4v) is 2.43. The Labute approximate surface area is 96.2 Å². The van der Waals surface area contributed by atoms with Crippen molar-refractivity contribution in [2.75, 3.05) is 0 Å². The van der Waals surface area contributed by atoms with Gasteiger partial charge in [-0.3, -0.25) is 4.79 Å². The van der Waals surface area contributed by atoms with Crippen LogP contribution >= 0.6 is 0 Å². The molecule has 1 saturated carbocycles. The molecular formula is C13H19NO2. The Morgan fingerprint density at radius 1 is 1.44 bits per heavy atom. The molecule has 1 aromatic rings. The van der Waals surface area contributed by atoms with Gasteiger partial charge in [-0.25, -0.2) is 0 Å². The molecule has 1 aliphatic rings. The van der Waals surface area contributed by atoms with Gasteiger partial charge in [0.05, 0.1) is 6.26 Å². The van der Waals surface area contributed by atoms with Crippen LogP contribution in [0.2, 0.25) is 0 Å². The summed E-state index contributed by atoms with van der Waals surface area (Å²) in [5.74, 6) is 1.56. The molecule has 2 rings (SSSR count). The largest absolute Gasteiger partial charge is 0.459 e. The maximum absolute atomic E-state index is 11.8. The highest BCUT2D eigenvalue weighted by molar-refractivity contribution is 5.91. The molecule has 1 amide bonds. The van der Waals surface area contributed by atoms with Crippen molar-refractivity contribution in [1.82, 2.24) is 5.32 Å². The summed E-state index contributed by atoms with van der Waals surface area (Å²) in [6, 6.07) is 3.73. The second kappa shape index (κ2) is 4.73. The van der Waals surface area contributed by atoms with Gasteiger partial charge < -0.3 is 9.73 Å². The van der Waals surface area contributed by atoms with Crippen LogP contribution in [0.3, 0.4) is 0 Å². The zero-order valence-electron chi connectivity index (χ0n) is 9.90. The fourth-order valence-electron chi connectivity index (χ4n) is 2.43. The number of amides is 1. The number of nitrogens with one attached hydrogen (secondary N) is 1. The van der Waals surface area contributed by atoms with E-state index < -0.39 is 0 Å². The van der Waals surface area contributed by atoms with E-state index in [-0.39, 0.29) is 5.91 Å². The van der Waals surface area contributed by atoms with Gasteiger partial charge >= 0.3 is 0 Å². The summed E-state index contributed by atoms with van der Waals surface area (Å²) in [6.07, 6.45) is 5.09. The maximum atomic E-state index is 11.8. The van der Waals surface area contributed by atoms with Crippen LogP contribution in [0, 0.1) is 11.8 Å². The average Bonchev–Trinajstić information content (AvgIpc) is 2.78. The molecule has 16 heavy (non-hydrogen) atoms. The van der Waals surface area contributed by atoms with Crippen LogP contribution in [-0.2, 0) is 0 Å². The van der Waals surface area contributed by atoms with Crippen LogP contribution in [0.25, 0.3) is 0 Å². The molecule has 0 unspecified atom stereocenters. The smallest absolute Gasteiger partial charge is 0.287 e. The second-order valence-electron chi connectivity index (χ2n) is 4.82. The van der Waals surface area contributed by atoms with Crippen LogP contribution in [0.1, 0.15) is 43.7 Å². The Bertz CT molecular complexity index is 345. The first-order chi connectivity index (χ1) is 7.68. The normalized spacial score (nSPS) is 30.0. The van der Waals surface area contributed by atoms with Crippen LogP contribution in [0.4, 0.5) is 0 Å². The van der Waals surface area contributed by atoms with Crippen molar-refractivity contribution < 1.29 is 9.21 Å². The van der Waals surface area contributed by atoms with Gasteiger partial charge in [0, 0.05) is 6.04 Å². The molecule has 88 valence electrons. The zero-order chi connectivity index (χ0) is 11.5. The van der Waals surface area contributed by atoms with Crippen molar-refractivity contribution in [1.29, 1.82) is 0 Å². The number of furan rings is 1. The summed E-state index contributed by atoms with van der Waals surface area (Å²) in [5, 5.41) is 3.07. The van der Waals surface area contributed by atoms with Crippen molar-refractivity contribution >= 4 is 5.91 Å². The van der Waals surface area contributed by atoms with Gasteiger partial charge in [0.25, 0.3) is 5.91 Å². The Balaban J connectivity index is 1.96. The molecule has 0 aliphatic heterocycles. The van der Waals surface area contributed by atoms with Crippen molar-refractivity contribution in [3.05, 3.63) is 24.2 Å². The van der Waals surface area contributed by atoms with Gasteiger partial charge in [-0.1, -0.05) is 26.7 Å². The summed E-state index contributed by atoms with van der Waals surface area (Å²) >= 11 is 0. The quantitative estimate of drug-likeness (QED) is 0.834. The van der Waals surface area contributed by atoms with E-state index in [0.717, 1.165) is 6.42 Å². The summed E-state index contributed by atoms with van der Waals surface area (Å²) in [5.41, 5.74) is 0. The number of rotatable bonds is 2. The lowest BCUT2D eigenvalue weighted by Gasteiger charge is -2.34. The molecule has 1 heterocycles. The lowest BCUT2D eigenvalue weighted by molar-refractivity contribution is 0.0863. The number of hydrogen-bond acceptors (Lipinski definition) is 2. The first-order valence-corrected chi connectivity index (χ1v) is 6.03. The SMILES string of the molecule is C[C@H]1[C@@H](NC(=O)c2ccco2)CCC[C@@H]1C. The van der Waals surface area contributed by atoms with Gasteiger partial charge in [-0.2, -0.15) is 0 Å². The summed E-state index contributed by atoms with van der Waals surface area (Å²) < 4.78 is 5.09. The van der Waals surface area contributed by atoms with Crippen LogP contribution in [0.5, 0.6) is 0 Å². The van der Waals surface area contributed by atoms with Crippen LogP contribution < -0.4 is 5.32 Å². The van der Waals surface area contributed by atoms with Crippen LogP contribution in [-0.4, -0.2) is 11.9 Å². The number of carbonyl (C=O) groups excluding carboxylic acids is 1. The van der Waals surface area contributed by atoms with E-state index >= 15 is 0 Å². The molecule has 1 N–H and O–H groups in total. The number of hydrogen-bond donors (Lipinski definition) is 1. The van der Waals surface area contributed by atoms with E-state index in [4.69, 9.17) is 4.42 Å². The minimum Gasteiger partial charge on any atom is -0.459 e. The van der Waals surface area contributed by atoms with E-state index in [1.54, 1.807) is 12.1 Å². The summed E-state index contributed by atoms with van der Waals surface area (Å²) in [4.78, 5) is 11.8. The Hall–Kier alpha value is -1.25. The predicted octanol–water partition coefficient (Wildman–Crippen LogP) is 2.83. The highest BCUT2D eigenvalue weighted by Crippen LogP contribution is 2.29. The average molecular weight is 221 g/mol. The Kier molecular flexibility index (Phi) is 3.32. The minimum atomic E-state index is -0.0871. The van der Waals surface area contributed by atoms with E-state index in [2.05, 4.69) is 19.2 Å². The molecule has 3 nitrogen and oxygen atoms in total. The van der Waals surface area contributed by atoms with Crippen molar-refractivity contribution in [2.24, 2.45) is 11.8 Å². The molecule has 1 fully saturated rings. The Morgan fingerprint density at radius 2 is 2.25 bits per heavy atom. The summed E-state index contributed by atoms with van der Waals surface area (Å²) in [6.45, 7) is 4.48. The lowest BCUT2D eigenvalue weighted by atomic mass is 9.78. The zero-order valence-corrected chi connectivity index (χ0v) is 9.90. The lowest BCUT2D eigenvalue weighted by Crippen LogP contribution is -2.43. The molecule has 0 spiro atoms. The molecule has 0 aromatic carbocycles. The molecule has 1 aliphatic carbocycles. The third kappa shape index (κ3) is 2.29. The molecule has 1 aromatic heterocycles. The monoisotopic (exact) mass is 221 g/mol. The first kappa shape index (κ1) is 11.2. The third-order valence-electron chi connectivity index (χ3n) is 3.77. The van der Waals surface area contributed by atoms with Gasteiger partial charge in [0.2, 0.25) is 0 Å². The van der Waals surface area contributed by atoms with Gasteiger partial charge in [0.1, 0.15) is 0 Å². The van der Waals surface area contributed by atoms with Gasteiger partial charge in [-0.15, -0.1) is 0 Å². The molecule has 0 radical (unpaired) electrons. The predicted molar refractivity (Wildman–Crippen MR) is 62.1 cm³/mol. The number of carbonyl (C=O) groups is 1. The molecule has 0 saturated heterocycles. The first-order valence-electron chi connectivity index (χ1n) is 6.03. The van der Waals surface area contributed by atoms with E-state index in [0.29, 0.717) is 23.6 Å². The molecule has 0 bridgehead atoms. The van der Waals surface area contributed by atoms with E-state index in [1.165, 1.54) is 19.1 Å². The minimum absolute atomic E-state index is 0.0871. The standard InChI is InChI=1S/C13H19NO2/c1-9-5-3-6-11(10(9)2)14-13(15)12-7-4-8-16-12/h4,7-11H,3,5-6H2,1-2H3,(H,14,15)/t9-,10+,11-/m0/s1. The van der Waals surface area contributed by atoms with Crippen molar-refractivity contribution in [3.8, 4) is 0 Å². The maximum Gasteiger partial charge on any atom is 0.287 e.